The highest BCUT2D eigenvalue weighted by Crippen LogP contribution is 2.36. The molecule has 2 aromatic carbocycles. The lowest BCUT2D eigenvalue weighted by Crippen LogP contribution is -1.95. The number of hydrogen-bond donors (Lipinski definition) is 0. The Balaban J connectivity index is 2.20. The number of carbonyl (C=O) groups is 1. The highest BCUT2D eigenvalue weighted by molar-refractivity contribution is 6.21. The summed E-state index contributed by atoms with van der Waals surface area (Å²) in [5, 5.41) is 0. The van der Waals surface area contributed by atoms with Crippen LogP contribution in [0.25, 0.3) is 11.1 Å². The maximum atomic E-state index is 12.2. The quantitative estimate of drug-likeness (QED) is 0.603. The Labute approximate surface area is 100 Å². The molecule has 1 heteroatoms. The summed E-state index contributed by atoms with van der Waals surface area (Å²) in [5.41, 5.74) is 4.89. The van der Waals surface area contributed by atoms with Crippen molar-refractivity contribution in [3.8, 4) is 11.1 Å². The van der Waals surface area contributed by atoms with Crippen molar-refractivity contribution in [3.05, 3.63) is 71.8 Å². The minimum absolute atomic E-state index is 0.140. The van der Waals surface area contributed by atoms with Crippen LogP contribution >= 0.6 is 0 Å². The lowest BCUT2D eigenvalue weighted by Gasteiger charge is -2.01. The molecule has 2 aromatic rings. The van der Waals surface area contributed by atoms with E-state index in [2.05, 4.69) is 12.6 Å². The SMILES string of the molecule is C=CCc1ccc2c(c1)C(=O)c1ccccc1-2. The Bertz CT molecular complexity index is 623. The molecular formula is C16H12O. The van der Waals surface area contributed by atoms with Gasteiger partial charge in [0.05, 0.1) is 0 Å². The summed E-state index contributed by atoms with van der Waals surface area (Å²) in [7, 11) is 0. The van der Waals surface area contributed by atoms with Crippen molar-refractivity contribution >= 4 is 5.78 Å². The number of fused-ring (bicyclic) bond motifs is 3. The van der Waals surface area contributed by atoms with Crippen molar-refractivity contribution in [3.63, 3.8) is 0 Å². The van der Waals surface area contributed by atoms with Gasteiger partial charge in [-0.1, -0.05) is 42.5 Å². The Morgan fingerprint density at radius 3 is 2.41 bits per heavy atom. The first-order chi connectivity index (χ1) is 8.31. The van der Waals surface area contributed by atoms with E-state index in [0.717, 1.165) is 34.2 Å². The second-order valence-corrected chi connectivity index (χ2v) is 4.25. The molecule has 0 heterocycles. The molecular weight excluding hydrogens is 208 g/mol. The highest BCUT2D eigenvalue weighted by atomic mass is 16.1. The van der Waals surface area contributed by atoms with Crippen molar-refractivity contribution in [2.75, 3.05) is 0 Å². The first kappa shape index (κ1) is 10.0. The summed E-state index contributed by atoms with van der Waals surface area (Å²) in [6.07, 6.45) is 2.66. The molecule has 0 spiro atoms. The van der Waals surface area contributed by atoms with Gasteiger partial charge in [0.25, 0.3) is 0 Å². The van der Waals surface area contributed by atoms with Crippen LogP contribution in [0.15, 0.2) is 55.1 Å². The average Bonchev–Trinajstić information content (AvgIpc) is 2.65. The molecule has 0 N–H and O–H groups in total. The molecule has 0 amide bonds. The van der Waals surface area contributed by atoms with Gasteiger partial charge in [0.2, 0.25) is 0 Å². The van der Waals surface area contributed by atoms with Gasteiger partial charge in [-0.2, -0.15) is 0 Å². The minimum Gasteiger partial charge on any atom is -0.289 e. The maximum Gasteiger partial charge on any atom is 0.194 e. The second kappa shape index (κ2) is 3.70. The monoisotopic (exact) mass is 220 g/mol. The van der Waals surface area contributed by atoms with E-state index in [-0.39, 0.29) is 5.78 Å². The number of benzene rings is 2. The highest BCUT2D eigenvalue weighted by Gasteiger charge is 2.25. The van der Waals surface area contributed by atoms with E-state index in [1.165, 1.54) is 0 Å². The molecule has 3 rings (SSSR count). The molecule has 0 bridgehead atoms. The summed E-state index contributed by atoms with van der Waals surface area (Å²) in [6.45, 7) is 3.72. The molecule has 0 unspecified atom stereocenters. The average molecular weight is 220 g/mol. The molecule has 0 saturated carbocycles. The van der Waals surface area contributed by atoms with Crippen LogP contribution in [0.1, 0.15) is 21.5 Å². The van der Waals surface area contributed by atoms with E-state index >= 15 is 0 Å². The molecule has 17 heavy (non-hydrogen) atoms. The van der Waals surface area contributed by atoms with E-state index in [1.807, 2.05) is 42.5 Å². The third-order valence-electron chi connectivity index (χ3n) is 3.17. The van der Waals surface area contributed by atoms with E-state index in [1.54, 1.807) is 0 Å². The fourth-order valence-electron chi connectivity index (χ4n) is 2.37. The summed E-state index contributed by atoms with van der Waals surface area (Å²) in [6, 6.07) is 13.9. The van der Waals surface area contributed by atoms with Crippen LogP contribution in [0.5, 0.6) is 0 Å². The molecule has 82 valence electrons. The van der Waals surface area contributed by atoms with Crippen LogP contribution in [0.4, 0.5) is 0 Å². The van der Waals surface area contributed by atoms with Crippen LogP contribution < -0.4 is 0 Å². The van der Waals surface area contributed by atoms with Crippen molar-refractivity contribution in [2.24, 2.45) is 0 Å². The molecule has 1 aliphatic carbocycles. The summed E-state index contributed by atoms with van der Waals surface area (Å²) >= 11 is 0. The predicted octanol–water partition coefficient (Wildman–Crippen LogP) is 3.63. The molecule has 1 aliphatic rings. The van der Waals surface area contributed by atoms with E-state index in [4.69, 9.17) is 0 Å². The predicted molar refractivity (Wildman–Crippen MR) is 69.2 cm³/mol. The lowest BCUT2D eigenvalue weighted by molar-refractivity contribution is 0.104. The molecule has 0 fully saturated rings. The Morgan fingerprint density at radius 2 is 1.65 bits per heavy atom. The van der Waals surface area contributed by atoms with E-state index in [9.17, 15) is 4.79 Å². The van der Waals surface area contributed by atoms with E-state index < -0.39 is 0 Å². The zero-order valence-corrected chi connectivity index (χ0v) is 9.44. The first-order valence-corrected chi connectivity index (χ1v) is 5.69. The molecule has 0 aliphatic heterocycles. The van der Waals surface area contributed by atoms with Crippen LogP contribution in [-0.4, -0.2) is 5.78 Å². The zero-order valence-electron chi connectivity index (χ0n) is 9.44. The van der Waals surface area contributed by atoms with Gasteiger partial charge in [-0.05, 0) is 29.2 Å². The zero-order chi connectivity index (χ0) is 11.8. The fourth-order valence-corrected chi connectivity index (χ4v) is 2.37. The number of carbonyl (C=O) groups excluding carboxylic acids is 1. The Morgan fingerprint density at radius 1 is 0.941 bits per heavy atom. The molecule has 0 atom stereocenters. The smallest absolute Gasteiger partial charge is 0.194 e. The third kappa shape index (κ3) is 1.43. The number of rotatable bonds is 2. The summed E-state index contributed by atoms with van der Waals surface area (Å²) in [4.78, 5) is 12.2. The van der Waals surface area contributed by atoms with Crippen LogP contribution in [0, 0.1) is 0 Å². The number of ketones is 1. The van der Waals surface area contributed by atoms with Crippen LogP contribution in [0.2, 0.25) is 0 Å². The standard InChI is InChI=1S/C16H12O/c1-2-5-11-8-9-13-12-6-3-4-7-14(12)16(17)15(13)10-11/h2-4,6-10H,1,5H2. The van der Waals surface area contributed by atoms with Gasteiger partial charge in [0.15, 0.2) is 5.78 Å². The van der Waals surface area contributed by atoms with Crippen molar-refractivity contribution in [2.45, 2.75) is 6.42 Å². The number of hydrogen-bond acceptors (Lipinski definition) is 1. The van der Waals surface area contributed by atoms with Crippen LogP contribution in [0.3, 0.4) is 0 Å². The Kier molecular flexibility index (Phi) is 2.19. The normalized spacial score (nSPS) is 12.1. The van der Waals surface area contributed by atoms with Crippen LogP contribution in [-0.2, 0) is 6.42 Å². The van der Waals surface area contributed by atoms with Gasteiger partial charge in [0, 0.05) is 11.1 Å². The molecule has 0 radical (unpaired) electrons. The summed E-state index contributed by atoms with van der Waals surface area (Å²) in [5.74, 6) is 0.140. The van der Waals surface area contributed by atoms with Gasteiger partial charge in [-0.3, -0.25) is 4.79 Å². The Hall–Kier alpha value is -2.15. The van der Waals surface area contributed by atoms with Crippen molar-refractivity contribution in [1.29, 1.82) is 0 Å². The summed E-state index contributed by atoms with van der Waals surface area (Å²) < 4.78 is 0. The second-order valence-electron chi connectivity index (χ2n) is 4.25. The maximum absolute atomic E-state index is 12.2. The third-order valence-corrected chi connectivity index (χ3v) is 3.17. The van der Waals surface area contributed by atoms with Crippen molar-refractivity contribution in [1.82, 2.24) is 0 Å². The van der Waals surface area contributed by atoms with Gasteiger partial charge in [-0.15, -0.1) is 6.58 Å². The largest absolute Gasteiger partial charge is 0.289 e. The van der Waals surface area contributed by atoms with Gasteiger partial charge in [-0.25, -0.2) is 0 Å². The molecule has 0 aromatic heterocycles. The van der Waals surface area contributed by atoms with Crippen molar-refractivity contribution < 1.29 is 4.79 Å². The molecule has 1 nitrogen and oxygen atoms in total. The van der Waals surface area contributed by atoms with Gasteiger partial charge in [0.1, 0.15) is 0 Å². The first-order valence-electron chi connectivity index (χ1n) is 5.69. The van der Waals surface area contributed by atoms with Gasteiger partial charge < -0.3 is 0 Å². The molecule has 0 saturated heterocycles. The number of allylic oxidation sites excluding steroid dienone is 1. The minimum atomic E-state index is 0.140. The van der Waals surface area contributed by atoms with Gasteiger partial charge >= 0.3 is 0 Å². The van der Waals surface area contributed by atoms with E-state index in [0.29, 0.717) is 0 Å². The topological polar surface area (TPSA) is 17.1 Å². The fraction of sp³-hybridized carbons (Fsp3) is 0.0625. The lowest BCUT2D eigenvalue weighted by atomic mass is 10.0.